The van der Waals surface area contributed by atoms with Crippen LogP contribution < -0.4 is 5.73 Å². The first-order valence-electron chi connectivity index (χ1n) is 5.08. The molecule has 1 rings (SSSR count). The zero-order valence-corrected chi connectivity index (χ0v) is 8.87. The van der Waals surface area contributed by atoms with Gasteiger partial charge in [0.25, 0.3) is 0 Å². The molecule has 0 spiro atoms. The second-order valence-corrected chi connectivity index (χ2v) is 3.89. The summed E-state index contributed by atoms with van der Waals surface area (Å²) in [5, 5.41) is 0. The number of Topliss-reactive ketones (excluding diaryl/α,β-unsaturated/α-hetero) is 1. The highest BCUT2D eigenvalue weighted by atomic mass is 19.1. The highest BCUT2D eigenvalue weighted by Crippen LogP contribution is 2.07. The molecule has 0 saturated carbocycles. The summed E-state index contributed by atoms with van der Waals surface area (Å²) in [5.74, 6) is 0.0963. The molecule has 0 aliphatic carbocycles. The third-order valence-electron chi connectivity index (χ3n) is 2.29. The van der Waals surface area contributed by atoms with Gasteiger partial charge in [-0.3, -0.25) is 4.79 Å². The maximum absolute atomic E-state index is 12.6. The lowest BCUT2D eigenvalue weighted by Gasteiger charge is -2.06. The Kier molecular flexibility index (Phi) is 4.43. The second kappa shape index (κ2) is 5.61. The molecule has 0 bridgehead atoms. The van der Waals surface area contributed by atoms with E-state index in [1.807, 2.05) is 6.92 Å². The SMILES string of the molecule is CC(CN)CC(=O)Cc1ccc(F)cc1. The van der Waals surface area contributed by atoms with Crippen LogP contribution in [-0.4, -0.2) is 12.3 Å². The van der Waals surface area contributed by atoms with E-state index in [1.54, 1.807) is 12.1 Å². The molecule has 1 aromatic rings. The van der Waals surface area contributed by atoms with Crippen molar-refractivity contribution >= 4 is 5.78 Å². The molecule has 82 valence electrons. The molecular formula is C12H16FNO. The maximum Gasteiger partial charge on any atom is 0.137 e. The minimum absolute atomic E-state index is 0.152. The summed E-state index contributed by atoms with van der Waals surface area (Å²) in [6, 6.07) is 6.02. The average Bonchev–Trinajstić information content (AvgIpc) is 2.21. The number of benzene rings is 1. The molecule has 0 aromatic heterocycles. The van der Waals surface area contributed by atoms with E-state index in [0.29, 0.717) is 19.4 Å². The third-order valence-corrected chi connectivity index (χ3v) is 2.29. The quantitative estimate of drug-likeness (QED) is 0.805. The van der Waals surface area contributed by atoms with E-state index in [1.165, 1.54) is 12.1 Å². The highest BCUT2D eigenvalue weighted by Gasteiger charge is 2.08. The Bertz CT molecular complexity index is 321. The molecule has 2 nitrogen and oxygen atoms in total. The van der Waals surface area contributed by atoms with Crippen LogP contribution in [0.1, 0.15) is 18.9 Å². The van der Waals surface area contributed by atoms with Crippen LogP contribution in [0.3, 0.4) is 0 Å². The van der Waals surface area contributed by atoms with Crippen LogP contribution in [0.2, 0.25) is 0 Å². The monoisotopic (exact) mass is 209 g/mol. The predicted octanol–water partition coefficient (Wildman–Crippen LogP) is 1.92. The number of rotatable bonds is 5. The first kappa shape index (κ1) is 11.9. The van der Waals surface area contributed by atoms with Crippen molar-refractivity contribution in [1.82, 2.24) is 0 Å². The number of hydrogen-bond acceptors (Lipinski definition) is 2. The van der Waals surface area contributed by atoms with Gasteiger partial charge in [-0.15, -0.1) is 0 Å². The van der Waals surface area contributed by atoms with Crippen molar-refractivity contribution in [2.45, 2.75) is 19.8 Å². The number of hydrogen-bond donors (Lipinski definition) is 1. The van der Waals surface area contributed by atoms with Crippen LogP contribution in [0.4, 0.5) is 4.39 Å². The van der Waals surface area contributed by atoms with E-state index in [0.717, 1.165) is 5.56 Å². The van der Waals surface area contributed by atoms with Gasteiger partial charge < -0.3 is 5.73 Å². The first-order chi connectivity index (χ1) is 7.11. The molecule has 0 radical (unpaired) electrons. The van der Waals surface area contributed by atoms with Crippen molar-refractivity contribution in [2.24, 2.45) is 11.7 Å². The summed E-state index contributed by atoms with van der Waals surface area (Å²) in [6.45, 7) is 2.47. The zero-order chi connectivity index (χ0) is 11.3. The van der Waals surface area contributed by atoms with Crippen molar-refractivity contribution in [3.05, 3.63) is 35.6 Å². The van der Waals surface area contributed by atoms with Gasteiger partial charge in [-0.1, -0.05) is 19.1 Å². The first-order valence-corrected chi connectivity index (χ1v) is 5.08. The number of carbonyl (C=O) groups excluding carboxylic acids is 1. The smallest absolute Gasteiger partial charge is 0.137 e. The standard InChI is InChI=1S/C12H16FNO/c1-9(8-14)6-12(15)7-10-2-4-11(13)5-3-10/h2-5,9H,6-8,14H2,1H3. The van der Waals surface area contributed by atoms with E-state index in [4.69, 9.17) is 5.73 Å². The molecule has 0 aliphatic heterocycles. The van der Waals surface area contributed by atoms with Crippen LogP contribution >= 0.6 is 0 Å². The van der Waals surface area contributed by atoms with Gasteiger partial charge in [0.2, 0.25) is 0 Å². The van der Waals surface area contributed by atoms with Crippen LogP contribution in [0.5, 0.6) is 0 Å². The lowest BCUT2D eigenvalue weighted by atomic mass is 10.00. The number of nitrogens with two attached hydrogens (primary N) is 1. The fourth-order valence-corrected chi connectivity index (χ4v) is 1.37. The molecule has 0 fully saturated rings. The molecule has 2 N–H and O–H groups in total. The van der Waals surface area contributed by atoms with Gasteiger partial charge in [0.1, 0.15) is 11.6 Å². The molecule has 0 aliphatic rings. The largest absolute Gasteiger partial charge is 0.330 e. The van der Waals surface area contributed by atoms with Gasteiger partial charge in [-0.25, -0.2) is 4.39 Å². The predicted molar refractivity (Wildman–Crippen MR) is 57.9 cm³/mol. The van der Waals surface area contributed by atoms with E-state index in [-0.39, 0.29) is 17.5 Å². The summed E-state index contributed by atoms with van der Waals surface area (Å²) in [4.78, 5) is 11.5. The van der Waals surface area contributed by atoms with Gasteiger partial charge in [0.15, 0.2) is 0 Å². The Morgan fingerprint density at radius 3 is 2.53 bits per heavy atom. The van der Waals surface area contributed by atoms with Crippen molar-refractivity contribution in [2.75, 3.05) is 6.54 Å². The molecule has 1 unspecified atom stereocenters. The molecular weight excluding hydrogens is 193 g/mol. The topological polar surface area (TPSA) is 43.1 Å². The lowest BCUT2D eigenvalue weighted by Crippen LogP contribution is -2.16. The van der Waals surface area contributed by atoms with Gasteiger partial charge in [0.05, 0.1) is 0 Å². The summed E-state index contributed by atoms with van der Waals surface area (Å²) in [7, 11) is 0. The van der Waals surface area contributed by atoms with Crippen molar-refractivity contribution in [1.29, 1.82) is 0 Å². The fraction of sp³-hybridized carbons (Fsp3) is 0.417. The summed E-state index contributed by atoms with van der Waals surface area (Å²) in [5.41, 5.74) is 6.28. The number of halogens is 1. The van der Waals surface area contributed by atoms with E-state index >= 15 is 0 Å². The Hall–Kier alpha value is -1.22. The lowest BCUT2D eigenvalue weighted by molar-refractivity contribution is -0.119. The fourth-order valence-electron chi connectivity index (χ4n) is 1.37. The maximum atomic E-state index is 12.6. The van der Waals surface area contributed by atoms with Gasteiger partial charge >= 0.3 is 0 Å². The molecule has 1 atom stereocenters. The van der Waals surface area contributed by atoms with E-state index in [2.05, 4.69) is 0 Å². The molecule has 15 heavy (non-hydrogen) atoms. The third kappa shape index (κ3) is 4.21. The minimum atomic E-state index is -0.276. The van der Waals surface area contributed by atoms with Crippen molar-refractivity contribution in [3.63, 3.8) is 0 Å². The van der Waals surface area contributed by atoms with Gasteiger partial charge in [-0.05, 0) is 30.2 Å². The molecule has 3 heteroatoms. The molecule has 1 aromatic carbocycles. The van der Waals surface area contributed by atoms with Gasteiger partial charge in [0, 0.05) is 12.8 Å². The van der Waals surface area contributed by atoms with Crippen LogP contribution in [0.25, 0.3) is 0 Å². The normalized spacial score (nSPS) is 12.5. The van der Waals surface area contributed by atoms with Crippen LogP contribution in [0.15, 0.2) is 24.3 Å². The summed E-state index contributed by atoms with van der Waals surface area (Å²) < 4.78 is 12.6. The minimum Gasteiger partial charge on any atom is -0.330 e. The Morgan fingerprint density at radius 2 is 2.00 bits per heavy atom. The zero-order valence-electron chi connectivity index (χ0n) is 8.87. The van der Waals surface area contributed by atoms with Crippen molar-refractivity contribution < 1.29 is 9.18 Å². The Balaban J connectivity index is 2.48. The summed E-state index contributed by atoms with van der Waals surface area (Å²) in [6.07, 6.45) is 0.860. The van der Waals surface area contributed by atoms with Crippen LogP contribution in [0, 0.1) is 11.7 Å². The van der Waals surface area contributed by atoms with E-state index in [9.17, 15) is 9.18 Å². The summed E-state index contributed by atoms with van der Waals surface area (Å²) >= 11 is 0. The average molecular weight is 209 g/mol. The molecule has 0 amide bonds. The molecule has 0 saturated heterocycles. The number of carbonyl (C=O) groups is 1. The molecule has 0 heterocycles. The highest BCUT2D eigenvalue weighted by molar-refractivity contribution is 5.81. The van der Waals surface area contributed by atoms with Gasteiger partial charge in [-0.2, -0.15) is 0 Å². The van der Waals surface area contributed by atoms with Crippen molar-refractivity contribution in [3.8, 4) is 0 Å². The Morgan fingerprint density at radius 1 is 1.40 bits per heavy atom. The Labute approximate surface area is 89.3 Å². The van der Waals surface area contributed by atoms with Crippen LogP contribution in [-0.2, 0) is 11.2 Å². The number of ketones is 1. The van der Waals surface area contributed by atoms with E-state index < -0.39 is 0 Å². The second-order valence-electron chi connectivity index (χ2n) is 3.89.